The van der Waals surface area contributed by atoms with Crippen LogP contribution in [0.3, 0.4) is 0 Å². The number of aryl methyl sites for hydroxylation is 2. The maximum absolute atomic E-state index is 11.0. The van der Waals surface area contributed by atoms with E-state index in [1.54, 1.807) is 11.9 Å². The van der Waals surface area contributed by atoms with Crippen LogP contribution in [-0.2, 0) is 26.7 Å². The Balaban J connectivity index is 0.000000168. The van der Waals surface area contributed by atoms with Crippen molar-refractivity contribution in [2.45, 2.75) is 45.3 Å². The fraction of sp³-hybridized carbons (Fsp3) is 0.346. The maximum Gasteiger partial charge on any atom is 0.166 e. The highest BCUT2D eigenvalue weighted by Gasteiger charge is 2.19. The molecule has 35 heavy (non-hydrogen) atoms. The lowest BCUT2D eigenvalue weighted by Crippen LogP contribution is -2.28. The summed E-state index contributed by atoms with van der Waals surface area (Å²) in [6.45, 7) is 9.60. The molecule has 0 spiro atoms. The first-order valence-corrected chi connectivity index (χ1v) is 12.4. The molecule has 0 aliphatic carbocycles. The van der Waals surface area contributed by atoms with Crippen LogP contribution in [0.4, 0.5) is 0 Å². The highest BCUT2D eigenvalue weighted by molar-refractivity contribution is 7.97. The molecule has 4 heterocycles. The van der Waals surface area contributed by atoms with Crippen molar-refractivity contribution in [1.82, 2.24) is 29.1 Å². The van der Waals surface area contributed by atoms with Gasteiger partial charge in [0.2, 0.25) is 0 Å². The highest BCUT2D eigenvalue weighted by Crippen LogP contribution is 2.31. The molecule has 0 atom stereocenters. The van der Waals surface area contributed by atoms with Gasteiger partial charge in [0.05, 0.1) is 30.2 Å². The van der Waals surface area contributed by atoms with Gasteiger partial charge in [-0.3, -0.25) is 9.48 Å². The van der Waals surface area contributed by atoms with Gasteiger partial charge in [0, 0.05) is 42.5 Å². The second kappa shape index (κ2) is 11.1. The number of benzene rings is 1. The molecule has 0 fully saturated rings. The predicted octanol–water partition coefficient (Wildman–Crippen LogP) is 4.54. The number of carbonyl (C=O) groups is 1. The summed E-state index contributed by atoms with van der Waals surface area (Å²) in [5.74, 6) is 0.874. The number of nitrogens with one attached hydrogen (secondary N) is 1. The van der Waals surface area contributed by atoms with Gasteiger partial charge in [-0.25, -0.2) is 4.31 Å². The molecule has 3 aromatic heterocycles. The van der Waals surface area contributed by atoms with Crippen molar-refractivity contribution in [2.75, 3.05) is 13.6 Å². The van der Waals surface area contributed by atoms with E-state index in [-0.39, 0.29) is 0 Å². The molecular weight excluding hydrogens is 460 g/mol. The lowest BCUT2D eigenvalue weighted by atomic mass is 10.0. The first kappa shape index (κ1) is 25.0. The predicted molar refractivity (Wildman–Crippen MR) is 138 cm³/mol. The third kappa shape index (κ3) is 5.58. The average molecular weight is 493 g/mol. The summed E-state index contributed by atoms with van der Waals surface area (Å²) in [4.78, 5) is 12.1. The highest BCUT2D eigenvalue weighted by atomic mass is 32.2. The Bertz CT molecular complexity index is 1290. The summed E-state index contributed by atoms with van der Waals surface area (Å²) in [6.07, 6.45) is 2.75. The Morgan fingerprint density at radius 3 is 2.69 bits per heavy atom. The van der Waals surface area contributed by atoms with Gasteiger partial charge in [-0.1, -0.05) is 23.4 Å². The zero-order valence-electron chi connectivity index (χ0n) is 20.9. The van der Waals surface area contributed by atoms with Crippen molar-refractivity contribution >= 4 is 18.2 Å². The van der Waals surface area contributed by atoms with Crippen LogP contribution in [-0.4, -0.2) is 43.7 Å². The second-order valence-electron chi connectivity index (χ2n) is 8.63. The summed E-state index contributed by atoms with van der Waals surface area (Å²) in [6, 6.07) is 12.4. The molecule has 9 heteroatoms. The van der Waals surface area contributed by atoms with Crippen molar-refractivity contribution in [1.29, 1.82) is 0 Å². The number of hydrogen-bond acceptors (Lipinski definition) is 7. The van der Waals surface area contributed by atoms with E-state index in [0.717, 1.165) is 65.8 Å². The Labute approximate surface area is 210 Å². The van der Waals surface area contributed by atoms with E-state index in [1.165, 1.54) is 16.8 Å². The lowest BCUT2D eigenvalue weighted by Gasteiger charge is -2.26. The number of aromatic nitrogens is 4. The molecule has 0 amide bonds. The number of aldehydes is 1. The molecule has 0 saturated carbocycles. The molecule has 0 saturated heterocycles. The zero-order chi connectivity index (χ0) is 24.9. The van der Waals surface area contributed by atoms with Crippen LogP contribution in [0.2, 0.25) is 0 Å². The van der Waals surface area contributed by atoms with Crippen molar-refractivity contribution in [3.05, 3.63) is 76.7 Å². The van der Waals surface area contributed by atoms with Crippen LogP contribution < -0.4 is 5.32 Å². The molecule has 5 rings (SSSR count). The minimum absolute atomic E-state index is 0.724. The fourth-order valence-corrected chi connectivity index (χ4v) is 5.31. The van der Waals surface area contributed by atoms with Crippen LogP contribution in [0.15, 0.2) is 52.0 Å². The smallest absolute Gasteiger partial charge is 0.166 e. The summed E-state index contributed by atoms with van der Waals surface area (Å²) < 4.78 is 11.5. The van der Waals surface area contributed by atoms with Crippen LogP contribution >= 0.6 is 11.9 Å². The monoisotopic (exact) mass is 492 g/mol. The molecule has 0 bridgehead atoms. The van der Waals surface area contributed by atoms with E-state index in [9.17, 15) is 4.79 Å². The van der Waals surface area contributed by atoms with Gasteiger partial charge in [-0.05, 0) is 69.1 Å². The third-order valence-electron chi connectivity index (χ3n) is 6.21. The first-order chi connectivity index (χ1) is 16.9. The molecule has 1 N–H and O–H groups in total. The number of carbonyl (C=O) groups excluding carboxylic acids is 1. The van der Waals surface area contributed by atoms with E-state index in [1.807, 2.05) is 56.4 Å². The van der Waals surface area contributed by atoms with E-state index < -0.39 is 0 Å². The van der Waals surface area contributed by atoms with Gasteiger partial charge in [-0.15, -0.1) is 0 Å². The van der Waals surface area contributed by atoms with Crippen molar-refractivity contribution < 1.29 is 9.32 Å². The zero-order valence-corrected chi connectivity index (χ0v) is 21.7. The summed E-state index contributed by atoms with van der Waals surface area (Å²) >= 11 is 1.72. The molecule has 0 radical (unpaired) electrons. The van der Waals surface area contributed by atoms with E-state index >= 15 is 0 Å². The fourth-order valence-electron chi connectivity index (χ4n) is 4.21. The van der Waals surface area contributed by atoms with Crippen LogP contribution in [0.1, 0.15) is 38.9 Å². The van der Waals surface area contributed by atoms with Crippen LogP contribution in [0, 0.1) is 20.8 Å². The number of hydrogen-bond donors (Lipinski definition) is 1. The summed E-state index contributed by atoms with van der Waals surface area (Å²) in [5, 5.41) is 11.4. The largest absolute Gasteiger partial charge is 0.361 e. The molecule has 4 aromatic rings. The average Bonchev–Trinajstić information content (AvgIpc) is 3.53. The van der Waals surface area contributed by atoms with Crippen molar-refractivity contribution in [3.8, 4) is 11.1 Å². The van der Waals surface area contributed by atoms with Gasteiger partial charge in [-0.2, -0.15) is 5.10 Å². The van der Waals surface area contributed by atoms with Crippen LogP contribution in [0.5, 0.6) is 0 Å². The normalized spacial score (nSPS) is 13.3. The Hall–Kier alpha value is -3.14. The standard InChI is InChI=1S/C13H16N4OS.C13H16N2O/c1-10-13(7-12(9-18)15(10)2)19-16-5-6-17-11(8-16)3-4-14-17;1-9-13(10(2)16-15-9)12-6-4-5-11(7-12)8-14-3/h3-4,7,9H,5-6,8H2,1-2H3;4-7,14H,8H2,1-3H3. The van der Waals surface area contributed by atoms with Gasteiger partial charge < -0.3 is 14.4 Å². The van der Waals surface area contributed by atoms with Gasteiger partial charge in [0.15, 0.2) is 6.29 Å². The molecule has 1 aromatic carbocycles. The minimum Gasteiger partial charge on any atom is -0.361 e. The Morgan fingerprint density at radius 1 is 1.17 bits per heavy atom. The molecule has 184 valence electrons. The number of rotatable bonds is 6. The summed E-state index contributed by atoms with van der Waals surface area (Å²) in [5.41, 5.74) is 7.58. The molecule has 1 aliphatic rings. The Morgan fingerprint density at radius 2 is 2.00 bits per heavy atom. The van der Waals surface area contributed by atoms with Crippen molar-refractivity contribution in [2.24, 2.45) is 7.05 Å². The minimum atomic E-state index is 0.724. The molecular formula is C26H32N6O2S. The topological polar surface area (TPSA) is 81.1 Å². The van der Waals surface area contributed by atoms with Crippen molar-refractivity contribution in [3.63, 3.8) is 0 Å². The molecule has 0 unspecified atom stereocenters. The summed E-state index contributed by atoms with van der Waals surface area (Å²) in [7, 11) is 3.87. The van der Waals surface area contributed by atoms with E-state index in [4.69, 9.17) is 4.52 Å². The van der Waals surface area contributed by atoms with Crippen LogP contribution in [0.25, 0.3) is 11.1 Å². The van der Waals surface area contributed by atoms with Gasteiger partial charge in [0.1, 0.15) is 5.76 Å². The SMILES string of the molecule is CNCc1cccc(-c2c(C)noc2C)c1.Cc1c(SN2CCn3nccc3C2)cc(C=O)n1C. The molecule has 8 nitrogen and oxygen atoms in total. The van der Waals surface area contributed by atoms with Gasteiger partial charge in [0.25, 0.3) is 0 Å². The van der Waals surface area contributed by atoms with E-state index in [0.29, 0.717) is 0 Å². The Kier molecular flexibility index (Phi) is 7.90. The third-order valence-corrected chi connectivity index (χ3v) is 7.39. The second-order valence-corrected chi connectivity index (χ2v) is 9.76. The van der Waals surface area contributed by atoms with E-state index in [2.05, 4.69) is 50.2 Å². The lowest BCUT2D eigenvalue weighted by molar-refractivity contribution is 0.111. The number of nitrogens with zero attached hydrogens (tertiary/aromatic N) is 5. The maximum atomic E-state index is 11.0. The molecule has 1 aliphatic heterocycles. The van der Waals surface area contributed by atoms with Gasteiger partial charge >= 0.3 is 0 Å². The quantitative estimate of drug-likeness (QED) is 0.313. The number of fused-ring (bicyclic) bond motifs is 1. The first-order valence-electron chi connectivity index (χ1n) is 11.6.